The maximum Gasteiger partial charge on any atom is 0.265 e. The largest absolute Gasteiger partial charge is 0.482 e. The van der Waals surface area contributed by atoms with Crippen LogP contribution in [0.25, 0.3) is 11.3 Å². The number of ether oxygens (including phenoxy) is 1. The standard InChI is InChI=1S/C20H16FN3O4S2/c1-2-9-24-17-10-13(3-8-18(17)28-11-19(24)25)16-12-29-20(22-16)23-30(26,27)15-6-4-14(21)5-7-15/h2-8,10,12H,1,9,11H2,(H,22,23). The summed E-state index contributed by atoms with van der Waals surface area (Å²) in [7, 11) is -3.89. The molecule has 0 aliphatic carbocycles. The molecule has 10 heteroatoms. The number of amides is 1. The number of nitrogens with one attached hydrogen (secondary N) is 1. The third-order valence-corrected chi connectivity index (χ3v) is 6.60. The molecular formula is C20H16FN3O4S2. The SMILES string of the molecule is C=CCN1C(=O)COc2ccc(-c3csc(NS(=O)(=O)c4ccc(F)cc4)n3)cc21. The second kappa shape index (κ2) is 7.88. The van der Waals surface area contributed by atoms with Crippen LogP contribution >= 0.6 is 11.3 Å². The van der Waals surface area contributed by atoms with Crippen molar-refractivity contribution in [2.75, 3.05) is 22.8 Å². The van der Waals surface area contributed by atoms with Crippen molar-refractivity contribution in [2.45, 2.75) is 4.90 Å². The molecule has 1 N–H and O–H groups in total. The number of halogens is 1. The Hall–Kier alpha value is -3.24. The molecule has 30 heavy (non-hydrogen) atoms. The second-order valence-corrected chi connectivity index (χ2v) is 8.90. The van der Waals surface area contributed by atoms with E-state index >= 15 is 0 Å². The van der Waals surface area contributed by atoms with Gasteiger partial charge in [0.2, 0.25) is 0 Å². The molecule has 154 valence electrons. The van der Waals surface area contributed by atoms with Gasteiger partial charge in [-0.1, -0.05) is 6.08 Å². The molecule has 0 radical (unpaired) electrons. The fraction of sp³-hybridized carbons (Fsp3) is 0.100. The van der Waals surface area contributed by atoms with E-state index in [2.05, 4.69) is 16.3 Å². The Balaban J connectivity index is 1.61. The summed E-state index contributed by atoms with van der Waals surface area (Å²) in [5.41, 5.74) is 1.84. The lowest BCUT2D eigenvalue weighted by Crippen LogP contribution is -2.38. The second-order valence-electron chi connectivity index (χ2n) is 6.36. The molecule has 7 nitrogen and oxygen atoms in total. The van der Waals surface area contributed by atoms with E-state index in [0.29, 0.717) is 29.2 Å². The zero-order chi connectivity index (χ0) is 21.3. The van der Waals surface area contributed by atoms with Gasteiger partial charge in [-0.3, -0.25) is 9.52 Å². The molecular weight excluding hydrogens is 429 g/mol. The highest BCUT2D eigenvalue weighted by molar-refractivity contribution is 7.93. The number of carbonyl (C=O) groups excluding carboxylic acids is 1. The van der Waals surface area contributed by atoms with Crippen LogP contribution in [0.1, 0.15) is 0 Å². The van der Waals surface area contributed by atoms with Crippen molar-refractivity contribution in [3.8, 4) is 17.0 Å². The van der Waals surface area contributed by atoms with Crippen LogP contribution in [-0.2, 0) is 14.8 Å². The van der Waals surface area contributed by atoms with Gasteiger partial charge in [-0.05, 0) is 42.5 Å². The lowest BCUT2D eigenvalue weighted by atomic mass is 10.1. The van der Waals surface area contributed by atoms with Gasteiger partial charge >= 0.3 is 0 Å². The van der Waals surface area contributed by atoms with Crippen molar-refractivity contribution in [1.82, 2.24) is 4.98 Å². The van der Waals surface area contributed by atoms with E-state index in [0.717, 1.165) is 23.5 Å². The molecule has 0 bridgehead atoms. The molecule has 0 saturated heterocycles. The minimum absolute atomic E-state index is 0.0355. The number of benzene rings is 2. The predicted molar refractivity (Wildman–Crippen MR) is 113 cm³/mol. The van der Waals surface area contributed by atoms with Crippen molar-refractivity contribution in [2.24, 2.45) is 0 Å². The quantitative estimate of drug-likeness (QED) is 0.585. The molecule has 0 fully saturated rings. The normalized spacial score (nSPS) is 13.5. The molecule has 0 saturated carbocycles. The van der Waals surface area contributed by atoms with E-state index in [1.54, 1.807) is 34.6 Å². The fourth-order valence-electron chi connectivity index (χ4n) is 2.93. The number of sulfonamides is 1. The molecule has 1 aliphatic rings. The average Bonchev–Trinajstić information content (AvgIpc) is 3.18. The molecule has 1 aromatic heterocycles. The summed E-state index contributed by atoms with van der Waals surface area (Å²) in [6.07, 6.45) is 1.63. The Morgan fingerprint density at radius 2 is 2.03 bits per heavy atom. The molecule has 1 aliphatic heterocycles. The number of nitrogens with zero attached hydrogens (tertiary/aromatic N) is 2. The molecule has 2 heterocycles. The van der Waals surface area contributed by atoms with Crippen LogP contribution in [0.3, 0.4) is 0 Å². The lowest BCUT2D eigenvalue weighted by Gasteiger charge is -2.28. The highest BCUT2D eigenvalue weighted by Gasteiger charge is 2.25. The van der Waals surface area contributed by atoms with E-state index in [1.165, 1.54) is 12.1 Å². The van der Waals surface area contributed by atoms with Gasteiger partial charge < -0.3 is 9.64 Å². The Bertz CT molecular complexity index is 1220. The Morgan fingerprint density at radius 1 is 1.27 bits per heavy atom. The zero-order valence-electron chi connectivity index (χ0n) is 15.5. The molecule has 1 amide bonds. The summed E-state index contributed by atoms with van der Waals surface area (Å²) in [6.45, 7) is 3.99. The Kier molecular flexibility index (Phi) is 5.27. The van der Waals surface area contributed by atoms with E-state index in [9.17, 15) is 17.6 Å². The van der Waals surface area contributed by atoms with E-state index in [4.69, 9.17) is 4.74 Å². The summed E-state index contributed by atoms with van der Waals surface area (Å²) in [4.78, 5) is 18.0. The van der Waals surface area contributed by atoms with Gasteiger partial charge in [0.05, 0.1) is 16.3 Å². The van der Waals surface area contributed by atoms with Crippen LogP contribution in [0.2, 0.25) is 0 Å². The summed E-state index contributed by atoms with van der Waals surface area (Å²) >= 11 is 1.11. The minimum atomic E-state index is -3.89. The number of carbonyl (C=O) groups is 1. The average molecular weight is 445 g/mol. The first-order valence-corrected chi connectivity index (χ1v) is 11.2. The number of hydrogen-bond donors (Lipinski definition) is 1. The van der Waals surface area contributed by atoms with Crippen molar-refractivity contribution in [3.05, 3.63) is 66.3 Å². The van der Waals surface area contributed by atoms with E-state index < -0.39 is 15.8 Å². The van der Waals surface area contributed by atoms with Crippen molar-refractivity contribution >= 4 is 38.1 Å². The highest BCUT2D eigenvalue weighted by Crippen LogP contribution is 2.37. The highest BCUT2D eigenvalue weighted by atomic mass is 32.2. The summed E-state index contributed by atoms with van der Waals surface area (Å²) < 4.78 is 45.8. The Labute approximate surface area is 176 Å². The molecule has 3 aromatic rings. The van der Waals surface area contributed by atoms with Gasteiger partial charge in [0, 0.05) is 17.5 Å². The van der Waals surface area contributed by atoms with Crippen LogP contribution < -0.4 is 14.4 Å². The molecule has 4 rings (SSSR count). The number of fused-ring (bicyclic) bond motifs is 1. The van der Waals surface area contributed by atoms with Crippen molar-refractivity contribution in [3.63, 3.8) is 0 Å². The summed E-state index contributed by atoms with van der Waals surface area (Å²) in [5, 5.41) is 1.87. The number of thiazole rings is 1. The molecule has 0 spiro atoms. The van der Waals surface area contributed by atoms with Crippen LogP contribution in [0.4, 0.5) is 15.2 Å². The summed E-state index contributed by atoms with van der Waals surface area (Å²) in [5.74, 6) is -0.121. The van der Waals surface area contributed by atoms with Gasteiger partial charge in [0.15, 0.2) is 11.7 Å². The first-order valence-electron chi connectivity index (χ1n) is 8.80. The maximum atomic E-state index is 13.0. The number of rotatable bonds is 6. The van der Waals surface area contributed by atoms with Gasteiger partial charge in [-0.25, -0.2) is 17.8 Å². The topological polar surface area (TPSA) is 88.6 Å². The fourth-order valence-corrected chi connectivity index (χ4v) is 4.90. The van der Waals surface area contributed by atoms with Crippen LogP contribution in [0.15, 0.2) is 65.4 Å². The van der Waals surface area contributed by atoms with Gasteiger partial charge in [0.1, 0.15) is 11.6 Å². The van der Waals surface area contributed by atoms with Crippen LogP contribution in [-0.4, -0.2) is 32.5 Å². The smallest absolute Gasteiger partial charge is 0.265 e. The first kappa shape index (κ1) is 20.0. The molecule has 2 aromatic carbocycles. The number of anilines is 2. The molecule has 0 atom stereocenters. The lowest BCUT2D eigenvalue weighted by molar-refractivity contribution is -0.121. The first-order chi connectivity index (χ1) is 14.4. The molecule has 0 unspecified atom stereocenters. The zero-order valence-corrected chi connectivity index (χ0v) is 17.2. The predicted octanol–water partition coefficient (Wildman–Crippen LogP) is 3.66. The van der Waals surface area contributed by atoms with Gasteiger partial charge in [0.25, 0.3) is 15.9 Å². The third-order valence-electron chi connectivity index (χ3n) is 4.36. The van der Waals surface area contributed by atoms with Crippen molar-refractivity contribution < 1.29 is 22.3 Å². The van der Waals surface area contributed by atoms with Crippen LogP contribution in [0, 0.1) is 5.82 Å². The van der Waals surface area contributed by atoms with Crippen molar-refractivity contribution in [1.29, 1.82) is 0 Å². The summed E-state index contributed by atoms with van der Waals surface area (Å²) in [6, 6.07) is 9.81. The maximum absolute atomic E-state index is 13.0. The number of aromatic nitrogens is 1. The third kappa shape index (κ3) is 3.91. The van der Waals surface area contributed by atoms with Gasteiger partial charge in [-0.15, -0.1) is 17.9 Å². The van der Waals surface area contributed by atoms with Gasteiger partial charge in [-0.2, -0.15) is 0 Å². The monoisotopic (exact) mass is 445 g/mol. The number of hydrogen-bond acceptors (Lipinski definition) is 6. The Morgan fingerprint density at radius 3 is 2.77 bits per heavy atom. The van der Waals surface area contributed by atoms with E-state index in [-0.39, 0.29) is 22.5 Å². The minimum Gasteiger partial charge on any atom is -0.482 e. The van der Waals surface area contributed by atoms with Crippen LogP contribution in [0.5, 0.6) is 5.75 Å². The van der Waals surface area contributed by atoms with E-state index in [1.807, 2.05) is 0 Å².